The molecule has 7 heteroatoms. The fraction of sp³-hybridized carbons (Fsp3) is 0.278. The van der Waals surface area contributed by atoms with Crippen LogP contribution in [0.4, 0.5) is 0 Å². The molecule has 0 radical (unpaired) electrons. The van der Waals surface area contributed by atoms with Crippen molar-refractivity contribution < 1.29 is 0 Å². The standard InChI is InChI=1S/C18H23N7/c1-15-20-8-12-25(15)17-6-5-16(13-22-17)14-23-18(19-2)21-7-11-24-9-3-4-10-24/h3-6,8-10,12-13H,7,11,14H2,1-2H3,(H2,19,21,23). The third-order valence-corrected chi connectivity index (χ3v) is 3.89. The van der Waals surface area contributed by atoms with Gasteiger partial charge in [0.15, 0.2) is 5.96 Å². The molecule has 0 saturated carbocycles. The highest BCUT2D eigenvalue weighted by molar-refractivity contribution is 5.79. The van der Waals surface area contributed by atoms with Crippen LogP contribution < -0.4 is 10.6 Å². The molecule has 0 aliphatic heterocycles. The lowest BCUT2D eigenvalue weighted by Crippen LogP contribution is -2.38. The van der Waals surface area contributed by atoms with Gasteiger partial charge < -0.3 is 15.2 Å². The fourth-order valence-electron chi connectivity index (χ4n) is 2.51. The van der Waals surface area contributed by atoms with Gasteiger partial charge in [-0.2, -0.15) is 0 Å². The van der Waals surface area contributed by atoms with Gasteiger partial charge in [-0.15, -0.1) is 0 Å². The van der Waals surface area contributed by atoms with Gasteiger partial charge in [0, 0.05) is 57.7 Å². The summed E-state index contributed by atoms with van der Waals surface area (Å²) < 4.78 is 4.08. The molecule has 2 N–H and O–H groups in total. The minimum Gasteiger partial charge on any atom is -0.355 e. The summed E-state index contributed by atoms with van der Waals surface area (Å²) in [7, 11) is 1.77. The number of guanidine groups is 1. The van der Waals surface area contributed by atoms with Crippen molar-refractivity contribution in [3.63, 3.8) is 0 Å². The van der Waals surface area contributed by atoms with E-state index in [1.54, 1.807) is 13.2 Å². The molecule has 0 atom stereocenters. The first kappa shape index (κ1) is 16.8. The third kappa shape index (κ3) is 4.47. The molecule has 0 aliphatic rings. The van der Waals surface area contributed by atoms with Gasteiger partial charge >= 0.3 is 0 Å². The van der Waals surface area contributed by atoms with Crippen LogP contribution in [0, 0.1) is 6.92 Å². The molecule has 0 fully saturated rings. The Morgan fingerprint density at radius 3 is 2.60 bits per heavy atom. The molecule has 3 heterocycles. The van der Waals surface area contributed by atoms with E-state index in [9.17, 15) is 0 Å². The first-order valence-corrected chi connectivity index (χ1v) is 8.27. The first-order valence-electron chi connectivity index (χ1n) is 8.27. The Hall–Kier alpha value is -3.09. The number of aromatic nitrogens is 4. The largest absolute Gasteiger partial charge is 0.355 e. The highest BCUT2D eigenvalue weighted by Crippen LogP contribution is 2.08. The fourth-order valence-corrected chi connectivity index (χ4v) is 2.51. The third-order valence-electron chi connectivity index (χ3n) is 3.89. The van der Waals surface area contributed by atoms with Gasteiger partial charge in [-0.05, 0) is 30.7 Å². The van der Waals surface area contributed by atoms with Crippen molar-refractivity contribution in [2.24, 2.45) is 4.99 Å². The van der Waals surface area contributed by atoms with Crippen LogP contribution in [0.3, 0.4) is 0 Å². The summed E-state index contributed by atoms with van der Waals surface area (Å²) >= 11 is 0. The van der Waals surface area contributed by atoms with E-state index in [2.05, 4.69) is 36.2 Å². The molecule has 0 amide bonds. The van der Waals surface area contributed by atoms with Gasteiger partial charge in [-0.1, -0.05) is 6.07 Å². The second kappa shape index (κ2) is 8.14. The van der Waals surface area contributed by atoms with Crippen molar-refractivity contribution in [2.45, 2.75) is 20.0 Å². The van der Waals surface area contributed by atoms with Crippen molar-refractivity contribution in [1.29, 1.82) is 0 Å². The molecule has 0 saturated heterocycles. The number of hydrogen-bond donors (Lipinski definition) is 2. The van der Waals surface area contributed by atoms with Gasteiger partial charge in [-0.25, -0.2) is 9.97 Å². The Bertz CT molecular complexity index is 800. The van der Waals surface area contributed by atoms with E-state index in [0.29, 0.717) is 6.54 Å². The van der Waals surface area contributed by atoms with E-state index in [0.717, 1.165) is 36.3 Å². The van der Waals surface area contributed by atoms with Crippen molar-refractivity contribution >= 4 is 5.96 Å². The maximum atomic E-state index is 4.50. The van der Waals surface area contributed by atoms with Crippen LogP contribution in [-0.4, -0.2) is 38.7 Å². The summed E-state index contributed by atoms with van der Waals surface area (Å²) in [6.07, 6.45) is 9.65. The molecule has 0 unspecified atom stereocenters. The molecule has 0 aromatic carbocycles. The van der Waals surface area contributed by atoms with Crippen molar-refractivity contribution in [1.82, 2.24) is 29.7 Å². The summed E-state index contributed by atoms with van der Waals surface area (Å²) in [4.78, 5) is 13.0. The average Bonchev–Trinajstić information content (AvgIpc) is 3.30. The smallest absolute Gasteiger partial charge is 0.191 e. The van der Waals surface area contributed by atoms with E-state index >= 15 is 0 Å². The van der Waals surface area contributed by atoms with Crippen LogP contribution in [0.25, 0.3) is 5.82 Å². The van der Waals surface area contributed by atoms with Crippen LogP contribution >= 0.6 is 0 Å². The second-order valence-electron chi connectivity index (χ2n) is 5.64. The molecule has 0 bridgehead atoms. The minimum atomic E-state index is 0.666. The number of nitrogens with one attached hydrogen (secondary N) is 2. The van der Waals surface area contributed by atoms with E-state index < -0.39 is 0 Å². The maximum Gasteiger partial charge on any atom is 0.191 e. The predicted molar refractivity (Wildman–Crippen MR) is 98.7 cm³/mol. The lowest BCUT2D eigenvalue weighted by molar-refractivity contribution is 0.665. The number of imidazole rings is 1. The summed E-state index contributed by atoms with van der Waals surface area (Å²) in [6, 6.07) is 8.10. The molecular formula is C18H23N7. The number of hydrogen-bond acceptors (Lipinski definition) is 3. The minimum absolute atomic E-state index is 0.666. The molecular weight excluding hydrogens is 314 g/mol. The Kier molecular flexibility index (Phi) is 5.46. The van der Waals surface area contributed by atoms with Crippen LogP contribution in [0.2, 0.25) is 0 Å². The molecule has 0 aliphatic carbocycles. The van der Waals surface area contributed by atoms with E-state index in [1.165, 1.54) is 0 Å². The topological polar surface area (TPSA) is 72.1 Å². The maximum absolute atomic E-state index is 4.50. The normalized spacial score (nSPS) is 11.5. The number of nitrogens with zero attached hydrogens (tertiary/aromatic N) is 5. The highest BCUT2D eigenvalue weighted by atomic mass is 15.2. The van der Waals surface area contributed by atoms with Gasteiger partial charge in [-0.3, -0.25) is 9.56 Å². The van der Waals surface area contributed by atoms with E-state index in [-0.39, 0.29) is 0 Å². The molecule has 3 aromatic heterocycles. The number of pyridine rings is 1. The van der Waals surface area contributed by atoms with E-state index in [4.69, 9.17) is 0 Å². The summed E-state index contributed by atoms with van der Waals surface area (Å²) in [5.74, 6) is 2.57. The van der Waals surface area contributed by atoms with Crippen molar-refractivity contribution in [3.8, 4) is 5.82 Å². The van der Waals surface area contributed by atoms with Crippen LogP contribution in [-0.2, 0) is 13.1 Å². The summed E-state index contributed by atoms with van der Waals surface area (Å²) in [5, 5.41) is 6.61. The lowest BCUT2D eigenvalue weighted by atomic mass is 10.3. The zero-order valence-corrected chi connectivity index (χ0v) is 14.6. The lowest BCUT2D eigenvalue weighted by Gasteiger charge is -2.12. The molecule has 0 spiro atoms. The molecule has 25 heavy (non-hydrogen) atoms. The van der Waals surface area contributed by atoms with Gasteiger partial charge in [0.1, 0.15) is 11.6 Å². The average molecular weight is 337 g/mol. The zero-order chi connectivity index (χ0) is 17.5. The zero-order valence-electron chi connectivity index (χ0n) is 14.6. The highest BCUT2D eigenvalue weighted by Gasteiger charge is 2.03. The molecule has 7 nitrogen and oxygen atoms in total. The number of aliphatic imine (C=N–C) groups is 1. The first-order chi connectivity index (χ1) is 12.3. The summed E-state index contributed by atoms with van der Waals surface area (Å²) in [5.41, 5.74) is 1.09. The number of rotatable bonds is 6. The van der Waals surface area contributed by atoms with Gasteiger partial charge in [0.25, 0.3) is 0 Å². The van der Waals surface area contributed by atoms with Gasteiger partial charge in [0.2, 0.25) is 0 Å². The second-order valence-corrected chi connectivity index (χ2v) is 5.64. The molecule has 3 aromatic rings. The Morgan fingerprint density at radius 2 is 1.96 bits per heavy atom. The monoisotopic (exact) mass is 337 g/mol. The van der Waals surface area contributed by atoms with Crippen molar-refractivity contribution in [3.05, 3.63) is 66.6 Å². The summed E-state index contributed by atoms with van der Waals surface area (Å²) in [6.45, 7) is 4.33. The number of aryl methyl sites for hydroxylation is 1. The van der Waals surface area contributed by atoms with Crippen LogP contribution in [0.15, 0.2) is 60.2 Å². The van der Waals surface area contributed by atoms with Crippen LogP contribution in [0.1, 0.15) is 11.4 Å². The molecule has 130 valence electrons. The van der Waals surface area contributed by atoms with E-state index in [1.807, 2.05) is 54.5 Å². The van der Waals surface area contributed by atoms with Crippen LogP contribution in [0.5, 0.6) is 0 Å². The predicted octanol–water partition coefficient (Wildman–Crippen LogP) is 1.74. The quantitative estimate of drug-likeness (QED) is 0.531. The SMILES string of the molecule is CN=C(NCCn1cccc1)NCc1ccc(-n2ccnc2C)nc1. The molecule has 3 rings (SSSR count). The van der Waals surface area contributed by atoms with Crippen molar-refractivity contribution in [2.75, 3.05) is 13.6 Å². The van der Waals surface area contributed by atoms with Gasteiger partial charge in [0.05, 0.1) is 0 Å². The Morgan fingerprint density at radius 1 is 1.12 bits per heavy atom. The Balaban J connectivity index is 1.49. The Labute approximate surface area is 147 Å².